The van der Waals surface area contributed by atoms with Crippen molar-refractivity contribution in [1.82, 2.24) is 9.80 Å². The Morgan fingerprint density at radius 2 is 1.89 bits per heavy atom. The van der Waals surface area contributed by atoms with E-state index in [-0.39, 0.29) is 17.5 Å². The number of ether oxygens (including phenoxy) is 1. The zero-order valence-corrected chi connectivity index (χ0v) is 15.9. The number of amides is 2. The minimum atomic E-state index is -0.538. The number of likely N-dealkylation sites (tertiary alicyclic amines) is 1. The highest BCUT2D eigenvalue weighted by molar-refractivity contribution is 5.97. The number of piperidine rings is 1. The molecule has 0 spiro atoms. The van der Waals surface area contributed by atoms with Crippen molar-refractivity contribution in [2.45, 2.75) is 26.2 Å². The van der Waals surface area contributed by atoms with Crippen LogP contribution in [0, 0.1) is 11.7 Å². The smallest absolute Gasteiger partial charge is 0.253 e. The summed E-state index contributed by atoms with van der Waals surface area (Å²) in [6.07, 6.45) is 3.15. The summed E-state index contributed by atoms with van der Waals surface area (Å²) in [4.78, 5) is 28.2. The lowest BCUT2D eigenvalue weighted by Crippen LogP contribution is -2.40. The number of halogens is 1. The summed E-state index contributed by atoms with van der Waals surface area (Å²) in [6.45, 7) is 7.53. The highest BCUT2D eigenvalue weighted by Gasteiger charge is 2.25. The minimum Gasteiger partial charge on any atom is -0.379 e. The van der Waals surface area contributed by atoms with Gasteiger partial charge in [0.25, 0.3) is 5.91 Å². The average Bonchev–Trinajstić information content (AvgIpc) is 2.68. The van der Waals surface area contributed by atoms with Gasteiger partial charge in [-0.05, 0) is 49.9 Å². The molecule has 0 aromatic heterocycles. The first-order chi connectivity index (χ1) is 13.0. The van der Waals surface area contributed by atoms with Gasteiger partial charge in [0.1, 0.15) is 5.82 Å². The number of nitrogens with zero attached hydrogens (tertiary/aromatic N) is 2. The molecular weight excluding hydrogens is 349 g/mol. The van der Waals surface area contributed by atoms with Crippen LogP contribution >= 0.6 is 0 Å². The van der Waals surface area contributed by atoms with Crippen LogP contribution in [0.4, 0.5) is 10.1 Å². The standard InChI is InChI=1S/C20H28FN3O3/c1-15(25)22-19-14-17(2-3-18(19)21)20(26)24-8-5-16(6-9-24)4-7-23-10-12-27-13-11-23/h2-3,14,16H,4-13H2,1H3,(H,22,25). The molecule has 0 bridgehead atoms. The summed E-state index contributed by atoms with van der Waals surface area (Å²) in [5.74, 6) is -0.364. The van der Waals surface area contributed by atoms with E-state index in [4.69, 9.17) is 4.74 Å². The first kappa shape index (κ1) is 19.8. The van der Waals surface area contributed by atoms with Gasteiger partial charge in [-0.3, -0.25) is 14.5 Å². The van der Waals surface area contributed by atoms with E-state index in [1.807, 2.05) is 4.90 Å². The number of nitrogens with one attached hydrogen (secondary N) is 1. The van der Waals surface area contributed by atoms with Crippen LogP contribution in [0.5, 0.6) is 0 Å². The monoisotopic (exact) mass is 377 g/mol. The van der Waals surface area contributed by atoms with Crippen molar-refractivity contribution < 1.29 is 18.7 Å². The summed E-state index contributed by atoms with van der Waals surface area (Å²) in [6, 6.07) is 4.13. The molecular formula is C20H28FN3O3. The molecule has 2 heterocycles. The number of hydrogen-bond donors (Lipinski definition) is 1. The van der Waals surface area contributed by atoms with Gasteiger partial charge in [-0.15, -0.1) is 0 Å². The van der Waals surface area contributed by atoms with E-state index in [9.17, 15) is 14.0 Å². The second-order valence-corrected chi connectivity index (χ2v) is 7.35. The Bertz CT molecular complexity index is 668. The third kappa shape index (κ3) is 5.49. The predicted molar refractivity (Wildman–Crippen MR) is 101 cm³/mol. The molecule has 2 saturated heterocycles. The summed E-state index contributed by atoms with van der Waals surface area (Å²) in [5.41, 5.74) is 0.459. The van der Waals surface area contributed by atoms with Crippen LogP contribution in [0.2, 0.25) is 0 Å². The van der Waals surface area contributed by atoms with E-state index in [0.717, 1.165) is 65.2 Å². The second kappa shape index (κ2) is 9.28. The third-order valence-corrected chi connectivity index (χ3v) is 5.38. The van der Waals surface area contributed by atoms with Gasteiger partial charge in [-0.2, -0.15) is 0 Å². The fraction of sp³-hybridized carbons (Fsp3) is 0.600. The number of carbonyl (C=O) groups excluding carboxylic acids is 2. The Hall–Kier alpha value is -1.99. The molecule has 2 amide bonds. The van der Waals surface area contributed by atoms with Gasteiger partial charge < -0.3 is 15.0 Å². The maximum Gasteiger partial charge on any atom is 0.253 e. The van der Waals surface area contributed by atoms with Crippen molar-refractivity contribution in [3.05, 3.63) is 29.6 Å². The number of carbonyl (C=O) groups is 2. The van der Waals surface area contributed by atoms with Crippen LogP contribution in [0.3, 0.4) is 0 Å². The Morgan fingerprint density at radius 1 is 1.19 bits per heavy atom. The van der Waals surface area contributed by atoms with Crippen LogP contribution in [0.1, 0.15) is 36.5 Å². The van der Waals surface area contributed by atoms with Gasteiger partial charge in [0, 0.05) is 38.7 Å². The van der Waals surface area contributed by atoms with Crippen LogP contribution < -0.4 is 5.32 Å². The molecule has 0 radical (unpaired) electrons. The topological polar surface area (TPSA) is 61.9 Å². The van der Waals surface area contributed by atoms with Gasteiger partial charge in [-0.1, -0.05) is 0 Å². The zero-order valence-electron chi connectivity index (χ0n) is 15.9. The zero-order chi connectivity index (χ0) is 19.2. The summed E-state index contributed by atoms with van der Waals surface area (Å²) in [7, 11) is 0. The van der Waals surface area contributed by atoms with Crippen LogP contribution in [-0.4, -0.2) is 67.6 Å². The van der Waals surface area contributed by atoms with Crippen molar-refractivity contribution in [1.29, 1.82) is 0 Å². The Balaban J connectivity index is 1.50. The predicted octanol–water partition coefficient (Wildman–Crippen LogP) is 2.36. The Kier molecular flexibility index (Phi) is 6.79. The van der Waals surface area contributed by atoms with Crippen molar-refractivity contribution in [3.63, 3.8) is 0 Å². The number of rotatable bonds is 5. The molecule has 2 fully saturated rings. The van der Waals surface area contributed by atoms with Gasteiger partial charge >= 0.3 is 0 Å². The SMILES string of the molecule is CC(=O)Nc1cc(C(=O)N2CCC(CCN3CCOCC3)CC2)ccc1F. The summed E-state index contributed by atoms with van der Waals surface area (Å²) < 4.78 is 19.2. The minimum absolute atomic E-state index is 0.0498. The maximum absolute atomic E-state index is 13.8. The number of hydrogen-bond acceptors (Lipinski definition) is 4. The van der Waals surface area contributed by atoms with Crippen molar-refractivity contribution in [2.24, 2.45) is 5.92 Å². The quantitative estimate of drug-likeness (QED) is 0.856. The first-order valence-corrected chi connectivity index (χ1v) is 9.69. The molecule has 2 aliphatic rings. The van der Waals surface area contributed by atoms with Crippen LogP contribution in [0.15, 0.2) is 18.2 Å². The van der Waals surface area contributed by atoms with Crippen LogP contribution in [-0.2, 0) is 9.53 Å². The molecule has 2 aliphatic heterocycles. The molecule has 0 unspecified atom stereocenters. The van der Waals surface area contributed by atoms with E-state index < -0.39 is 5.82 Å². The number of benzene rings is 1. The fourth-order valence-corrected chi connectivity index (χ4v) is 3.74. The molecule has 7 heteroatoms. The van der Waals surface area contributed by atoms with Crippen molar-refractivity contribution in [2.75, 3.05) is 51.3 Å². The highest BCUT2D eigenvalue weighted by atomic mass is 19.1. The molecule has 0 aliphatic carbocycles. The lowest BCUT2D eigenvalue weighted by molar-refractivity contribution is -0.114. The van der Waals surface area contributed by atoms with E-state index >= 15 is 0 Å². The largest absolute Gasteiger partial charge is 0.379 e. The maximum atomic E-state index is 13.8. The summed E-state index contributed by atoms with van der Waals surface area (Å²) >= 11 is 0. The highest BCUT2D eigenvalue weighted by Crippen LogP contribution is 2.24. The molecule has 27 heavy (non-hydrogen) atoms. The van der Waals surface area contributed by atoms with E-state index in [1.165, 1.54) is 25.1 Å². The Labute approximate surface area is 159 Å². The fourth-order valence-electron chi connectivity index (χ4n) is 3.74. The van der Waals surface area contributed by atoms with E-state index in [1.54, 1.807) is 0 Å². The lowest BCUT2D eigenvalue weighted by atomic mass is 9.93. The van der Waals surface area contributed by atoms with E-state index in [0.29, 0.717) is 11.5 Å². The normalized spacial score (nSPS) is 19.1. The number of anilines is 1. The number of morpholine rings is 1. The molecule has 1 aromatic rings. The Morgan fingerprint density at radius 3 is 2.56 bits per heavy atom. The molecule has 1 aromatic carbocycles. The van der Waals surface area contributed by atoms with Gasteiger partial charge in [0.15, 0.2) is 0 Å². The molecule has 3 rings (SSSR count). The third-order valence-electron chi connectivity index (χ3n) is 5.38. The lowest BCUT2D eigenvalue weighted by Gasteiger charge is -2.34. The van der Waals surface area contributed by atoms with Crippen molar-refractivity contribution >= 4 is 17.5 Å². The molecule has 148 valence electrons. The molecule has 6 nitrogen and oxygen atoms in total. The first-order valence-electron chi connectivity index (χ1n) is 9.69. The average molecular weight is 377 g/mol. The van der Waals surface area contributed by atoms with Gasteiger partial charge in [0.05, 0.1) is 18.9 Å². The molecule has 0 saturated carbocycles. The van der Waals surface area contributed by atoms with Crippen molar-refractivity contribution in [3.8, 4) is 0 Å². The van der Waals surface area contributed by atoms with E-state index in [2.05, 4.69) is 10.2 Å². The summed E-state index contributed by atoms with van der Waals surface area (Å²) in [5, 5.41) is 2.43. The second-order valence-electron chi connectivity index (χ2n) is 7.35. The molecule has 0 atom stereocenters. The van der Waals surface area contributed by atoms with Crippen LogP contribution in [0.25, 0.3) is 0 Å². The van der Waals surface area contributed by atoms with Gasteiger partial charge in [0.2, 0.25) is 5.91 Å². The molecule has 1 N–H and O–H groups in total. The van der Waals surface area contributed by atoms with Gasteiger partial charge in [-0.25, -0.2) is 4.39 Å².